The third-order valence-electron chi connectivity index (χ3n) is 5.19. The minimum absolute atomic E-state index is 0.238. The molecule has 0 atom stereocenters. The van der Waals surface area contributed by atoms with Crippen LogP contribution in [0.5, 0.6) is 0 Å². The van der Waals surface area contributed by atoms with Gasteiger partial charge in [-0.25, -0.2) is 0 Å². The second-order valence-electron chi connectivity index (χ2n) is 6.82. The minimum atomic E-state index is 0.238. The number of hydrogen-bond donors (Lipinski definition) is 2. The van der Waals surface area contributed by atoms with Crippen LogP contribution in [0.1, 0.15) is 36.8 Å². The fourth-order valence-electron chi connectivity index (χ4n) is 3.76. The summed E-state index contributed by atoms with van der Waals surface area (Å²) >= 11 is 0. The Balaban J connectivity index is 1.54. The van der Waals surface area contributed by atoms with Gasteiger partial charge in [0.05, 0.1) is 0 Å². The topological polar surface area (TPSA) is 49.3 Å². The van der Waals surface area contributed by atoms with Crippen LogP contribution in [-0.4, -0.2) is 31.1 Å². The van der Waals surface area contributed by atoms with E-state index in [1.807, 2.05) is 25.5 Å². The molecule has 4 heteroatoms. The molecule has 0 radical (unpaired) electrons. The number of hydrogen-bond acceptors (Lipinski definition) is 2. The van der Waals surface area contributed by atoms with Crippen molar-refractivity contribution in [1.29, 1.82) is 0 Å². The van der Waals surface area contributed by atoms with Gasteiger partial charge in [0.2, 0.25) is 0 Å². The lowest BCUT2D eigenvalue weighted by Gasteiger charge is -2.30. The molecule has 1 saturated carbocycles. The van der Waals surface area contributed by atoms with Gasteiger partial charge >= 0.3 is 0 Å². The number of nitrogens with zero attached hydrogens (tertiary/aromatic N) is 2. The summed E-state index contributed by atoms with van der Waals surface area (Å²) in [5, 5.41) is 6.98. The smallest absolute Gasteiger partial charge is 0.191 e. The first-order valence-corrected chi connectivity index (χ1v) is 9.21. The van der Waals surface area contributed by atoms with Crippen LogP contribution in [0, 0.1) is 0 Å². The van der Waals surface area contributed by atoms with Crippen molar-refractivity contribution in [2.45, 2.75) is 37.5 Å². The Hall–Kier alpha value is -2.36. The number of nitrogens with one attached hydrogen (secondary N) is 2. The summed E-state index contributed by atoms with van der Waals surface area (Å²) in [6.45, 7) is 1.79. The first kappa shape index (κ1) is 17.5. The van der Waals surface area contributed by atoms with Gasteiger partial charge in [0.1, 0.15) is 0 Å². The molecule has 3 rings (SSSR count). The highest BCUT2D eigenvalue weighted by Crippen LogP contribution is 2.40. The predicted molar refractivity (Wildman–Crippen MR) is 104 cm³/mol. The van der Waals surface area contributed by atoms with E-state index >= 15 is 0 Å². The molecule has 132 valence electrons. The molecule has 0 bridgehead atoms. The molecule has 0 unspecified atom stereocenters. The lowest BCUT2D eigenvalue weighted by molar-refractivity contribution is 0.432. The van der Waals surface area contributed by atoms with Crippen LogP contribution in [0.2, 0.25) is 0 Å². The minimum Gasteiger partial charge on any atom is -0.356 e. The molecule has 1 aliphatic rings. The monoisotopic (exact) mass is 336 g/mol. The molecule has 0 amide bonds. The van der Waals surface area contributed by atoms with Gasteiger partial charge in [-0.2, -0.15) is 0 Å². The van der Waals surface area contributed by atoms with Crippen molar-refractivity contribution in [2.24, 2.45) is 4.99 Å². The van der Waals surface area contributed by atoms with Crippen LogP contribution in [-0.2, 0) is 11.8 Å². The van der Waals surface area contributed by atoms with Crippen LogP contribution >= 0.6 is 0 Å². The standard InChI is InChI=1S/C21H28N4/c1-22-20(24-15-11-18-8-7-14-23-16-18)25-17-21(12-5-6-13-21)19-9-3-2-4-10-19/h2-4,7-10,14,16H,5-6,11-13,15,17H2,1H3,(H2,22,24,25). The molecular formula is C21H28N4. The molecule has 1 aromatic carbocycles. The third kappa shape index (κ3) is 4.59. The van der Waals surface area contributed by atoms with Gasteiger partial charge in [0.15, 0.2) is 5.96 Å². The third-order valence-corrected chi connectivity index (χ3v) is 5.19. The summed E-state index contributed by atoms with van der Waals surface area (Å²) in [5.41, 5.74) is 2.93. The van der Waals surface area contributed by atoms with E-state index in [2.05, 4.69) is 57.0 Å². The molecule has 1 aromatic heterocycles. The molecular weight excluding hydrogens is 308 g/mol. The van der Waals surface area contributed by atoms with E-state index in [4.69, 9.17) is 0 Å². The molecule has 0 aliphatic heterocycles. The van der Waals surface area contributed by atoms with Crippen molar-refractivity contribution in [2.75, 3.05) is 20.1 Å². The van der Waals surface area contributed by atoms with Gasteiger partial charge in [0, 0.05) is 37.9 Å². The largest absolute Gasteiger partial charge is 0.356 e. The average molecular weight is 336 g/mol. The van der Waals surface area contributed by atoms with E-state index in [1.165, 1.54) is 36.8 Å². The molecule has 0 saturated heterocycles. The Morgan fingerprint density at radius 2 is 1.88 bits per heavy atom. The van der Waals surface area contributed by atoms with E-state index in [-0.39, 0.29) is 5.41 Å². The van der Waals surface area contributed by atoms with Gasteiger partial charge in [0.25, 0.3) is 0 Å². The highest BCUT2D eigenvalue weighted by Gasteiger charge is 2.35. The summed E-state index contributed by atoms with van der Waals surface area (Å²) < 4.78 is 0. The zero-order valence-electron chi connectivity index (χ0n) is 15.0. The Kier molecular flexibility index (Phi) is 6.04. The van der Waals surface area contributed by atoms with Crippen LogP contribution in [0.15, 0.2) is 59.9 Å². The molecule has 1 aliphatic carbocycles. The van der Waals surface area contributed by atoms with Gasteiger partial charge in [-0.05, 0) is 36.5 Å². The molecule has 2 aromatic rings. The van der Waals surface area contributed by atoms with Gasteiger partial charge in [-0.1, -0.05) is 49.2 Å². The van der Waals surface area contributed by atoms with Crippen molar-refractivity contribution < 1.29 is 0 Å². The van der Waals surface area contributed by atoms with Gasteiger partial charge in [-0.15, -0.1) is 0 Å². The maximum Gasteiger partial charge on any atom is 0.191 e. The van der Waals surface area contributed by atoms with Gasteiger partial charge in [-0.3, -0.25) is 9.98 Å². The molecule has 0 spiro atoms. The zero-order chi connectivity index (χ0) is 17.4. The van der Waals surface area contributed by atoms with Crippen LogP contribution in [0.25, 0.3) is 0 Å². The molecule has 2 N–H and O–H groups in total. The lowest BCUT2D eigenvalue weighted by Crippen LogP contribution is -2.45. The first-order chi connectivity index (χ1) is 12.3. The summed E-state index contributed by atoms with van der Waals surface area (Å²) in [7, 11) is 1.84. The van der Waals surface area contributed by atoms with Crippen molar-refractivity contribution in [3.8, 4) is 0 Å². The summed E-state index contributed by atoms with van der Waals surface area (Å²) in [6.07, 6.45) is 9.78. The SMILES string of the molecule is CN=C(NCCc1cccnc1)NCC1(c2ccccc2)CCCC1. The number of aromatic nitrogens is 1. The second-order valence-corrected chi connectivity index (χ2v) is 6.82. The Morgan fingerprint density at radius 1 is 1.08 bits per heavy atom. The molecule has 4 nitrogen and oxygen atoms in total. The number of rotatable bonds is 6. The second kappa shape index (κ2) is 8.65. The number of benzene rings is 1. The van der Waals surface area contributed by atoms with Crippen molar-refractivity contribution in [3.63, 3.8) is 0 Å². The summed E-state index contributed by atoms with van der Waals surface area (Å²) in [6, 6.07) is 15.0. The van der Waals surface area contributed by atoms with Gasteiger partial charge < -0.3 is 10.6 Å². The Bertz CT molecular complexity index is 661. The van der Waals surface area contributed by atoms with E-state index in [9.17, 15) is 0 Å². The van der Waals surface area contributed by atoms with Crippen LogP contribution in [0.4, 0.5) is 0 Å². The summed E-state index contributed by atoms with van der Waals surface area (Å²) in [5.74, 6) is 0.881. The maximum atomic E-state index is 4.38. The first-order valence-electron chi connectivity index (χ1n) is 9.21. The predicted octanol–water partition coefficient (Wildman–Crippen LogP) is 3.30. The normalized spacial score (nSPS) is 16.6. The summed E-state index contributed by atoms with van der Waals surface area (Å²) in [4.78, 5) is 8.54. The van der Waals surface area contributed by atoms with Crippen molar-refractivity contribution in [1.82, 2.24) is 15.6 Å². The van der Waals surface area contributed by atoms with E-state index in [1.54, 1.807) is 0 Å². The zero-order valence-corrected chi connectivity index (χ0v) is 15.0. The fourth-order valence-corrected chi connectivity index (χ4v) is 3.76. The average Bonchev–Trinajstić information content (AvgIpc) is 3.16. The van der Waals surface area contributed by atoms with Crippen molar-refractivity contribution in [3.05, 3.63) is 66.0 Å². The lowest BCUT2D eigenvalue weighted by atomic mass is 9.79. The van der Waals surface area contributed by atoms with Crippen LogP contribution in [0.3, 0.4) is 0 Å². The number of guanidine groups is 1. The number of aliphatic imine (C=N–C) groups is 1. The van der Waals surface area contributed by atoms with E-state index in [0.717, 1.165) is 25.5 Å². The quantitative estimate of drug-likeness (QED) is 0.628. The van der Waals surface area contributed by atoms with E-state index in [0.29, 0.717) is 0 Å². The van der Waals surface area contributed by atoms with Crippen LogP contribution < -0.4 is 10.6 Å². The Morgan fingerprint density at radius 3 is 2.56 bits per heavy atom. The van der Waals surface area contributed by atoms with E-state index < -0.39 is 0 Å². The fraction of sp³-hybridized carbons (Fsp3) is 0.429. The maximum absolute atomic E-state index is 4.38. The molecule has 1 heterocycles. The highest BCUT2D eigenvalue weighted by atomic mass is 15.2. The highest BCUT2D eigenvalue weighted by molar-refractivity contribution is 5.79. The Labute approximate surface area is 150 Å². The van der Waals surface area contributed by atoms with Crippen molar-refractivity contribution >= 4 is 5.96 Å². The molecule has 25 heavy (non-hydrogen) atoms. The molecule has 1 fully saturated rings. The number of pyridine rings is 1.